The molecule has 1 aliphatic heterocycles. The van der Waals surface area contributed by atoms with Gasteiger partial charge >= 0.3 is 6.18 Å². The van der Waals surface area contributed by atoms with Gasteiger partial charge in [-0.25, -0.2) is 4.98 Å². The molecule has 1 saturated carbocycles. The van der Waals surface area contributed by atoms with Gasteiger partial charge in [-0.1, -0.05) is 0 Å². The normalized spacial score (nSPS) is 16.7. The highest BCUT2D eigenvalue weighted by molar-refractivity contribution is 5.99. The van der Waals surface area contributed by atoms with E-state index in [1.165, 1.54) is 0 Å². The topological polar surface area (TPSA) is 78.9 Å². The molecule has 26 heavy (non-hydrogen) atoms. The zero-order valence-corrected chi connectivity index (χ0v) is 13.7. The van der Waals surface area contributed by atoms with Gasteiger partial charge in [-0.05, 0) is 43.0 Å². The van der Waals surface area contributed by atoms with E-state index in [1.54, 1.807) is 18.2 Å². The molecular weight excluding hydrogens is 347 g/mol. The Morgan fingerprint density at radius 3 is 2.73 bits per heavy atom. The predicted molar refractivity (Wildman–Crippen MR) is 90.4 cm³/mol. The van der Waals surface area contributed by atoms with Crippen molar-refractivity contribution in [2.75, 3.05) is 16.0 Å². The van der Waals surface area contributed by atoms with Crippen molar-refractivity contribution in [2.24, 2.45) is 0 Å². The van der Waals surface area contributed by atoms with Crippen molar-refractivity contribution in [1.82, 2.24) is 9.97 Å². The second kappa shape index (κ2) is 6.15. The van der Waals surface area contributed by atoms with E-state index in [9.17, 15) is 18.0 Å². The standard InChI is InChI=1S/C17H16F3N5O/c18-17(19,20)12-8-21-16(25-15(12)22-10-2-1-3-10)23-11-4-5-13-9(6-11)7-14(26)24-13/h4-6,8,10H,1-3,7H2,(H,24,26)(H2,21,22,23,25). The number of halogens is 3. The third kappa shape index (κ3) is 3.29. The molecule has 0 unspecified atom stereocenters. The molecule has 1 aromatic carbocycles. The lowest BCUT2D eigenvalue weighted by Crippen LogP contribution is -2.29. The molecule has 0 atom stereocenters. The first-order chi connectivity index (χ1) is 12.4. The molecule has 0 bridgehead atoms. The van der Waals surface area contributed by atoms with Crippen LogP contribution < -0.4 is 16.0 Å². The molecule has 4 rings (SSSR count). The number of carbonyl (C=O) groups is 1. The van der Waals surface area contributed by atoms with Crippen molar-refractivity contribution in [2.45, 2.75) is 37.9 Å². The van der Waals surface area contributed by atoms with E-state index < -0.39 is 11.7 Å². The fourth-order valence-electron chi connectivity index (χ4n) is 2.94. The molecule has 1 amide bonds. The summed E-state index contributed by atoms with van der Waals surface area (Å²) < 4.78 is 39.6. The molecule has 1 aliphatic carbocycles. The number of anilines is 4. The molecule has 0 saturated heterocycles. The van der Waals surface area contributed by atoms with Gasteiger partial charge in [0.05, 0.1) is 6.42 Å². The van der Waals surface area contributed by atoms with Crippen molar-refractivity contribution in [3.8, 4) is 0 Å². The summed E-state index contributed by atoms with van der Waals surface area (Å²) in [4.78, 5) is 19.2. The molecule has 3 N–H and O–H groups in total. The molecule has 0 radical (unpaired) electrons. The summed E-state index contributed by atoms with van der Waals surface area (Å²) in [6, 6.07) is 5.22. The van der Waals surface area contributed by atoms with Crippen LogP contribution in [0.1, 0.15) is 30.4 Å². The maximum atomic E-state index is 13.2. The molecule has 6 nitrogen and oxygen atoms in total. The Kier molecular flexibility index (Phi) is 3.93. The first kappa shape index (κ1) is 16.6. The fourth-order valence-corrected chi connectivity index (χ4v) is 2.94. The summed E-state index contributed by atoms with van der Waals surface area (Å²) in [7, 11) is 0. The van der Waals surface area contributed by atoms with Crippen LogP contribution in [0.4, 0.5) is 36.3 Å². The van der Waals surface area contributed by atoms with Crippen molar-refractivity contribution >= 4 is 29.0 Å². The average Bonchev–Trinajstić information content (AvgIpc) is 2.89. The van der Waals surface area contributed by atoms with Gasteiger partial charge in [-0.2, -0.15) is 18.2 Å². The second-order valence-corrected chi connectivity index (χ2v) is 6.45. The van der Waals surface area contributed by atoms with Gasteiger partial charge < -0.3 is 16.0 Å². The maximum Gasteiger partial charge on any atom is 0.421 e. The Morgan fingerprint density at radius 1 is 1.23 bits per heavy atom. The van der Waals surface area contributed by atoms with E-state index in [0.717, 1.165) is 36.7 Å². The third-order valence-corrected chi connectivity index (χ3v) is 4.53. The van der Waals surface area contributed by atoms with Crippen LogP contribution in [0.25, 0.3) is 0 Å². The Morgan fingerprint density at radius 2 is 2.04 bits per heavy atom. The Balaban J connectivity index is 1.59. The molecule has 2 heterocycles. The largest absolute Gasteiger partial charge is 0.421 e. The van der Waals surface area contributed by atoms with Crippen LogP contribution in [0.15, 0.2) is 24.4 Å². The first-order valence-corrected chi connectivity index (χ1v) is 8.29. The van der Waals surface area contributed by atoms with Crippen LogP contribution in [-0.2, 0) is 17.4 Å². The number of amides is 1. The van der Waals surface area contributed by atoms with Crippen molar-refractivity contribution < 1.29 is 18.0 Å². The highest BCUT2D eigenvalue weighted by Gasteiger charge is 2.36. The zero-order valence-electron chi connectivity index (χ0n) is 13.7. The number of nitrogens with one attached hydrogen (secondary N) is 3. The quantitative estimate of drug-likeness (QED) is 0.772. The molecule has 2 aliphatic rings. The summed E-state index contributed by atoms with van der Waals surface area (Å²) >= 11 is 0. The van der Waals surface area contributed by atoms with Gasteiger partial charge in [-0.3, -0.25) is 4.79 Å². The number of rotatable bonds is 4. The Bertz CT molecular complexity index is 864. The number of alkyl halides is 3. The summed E-state index contributed by atoms with van der Waals surface area (Å²) in [5, 5.41) is 8.49. The van der Waals surface area contributed by atoms with Gasteiger partial charge in [0.25, 0.3) is 0 Å². The van der Waals surface area contributed by atoms with Crippen molar-refractivity contribution in [3.05, 3.63) is 35.5 Å². The molecule has 0 spiro atoms. The van der Waals surface area contributed by atoms with Gasteiger partial charge in [0.1, 0.15) is 11.4 Å². The Labute approximate surface area is 147 Å². The lowest BCUT2D eigenvalue weighted by molar-refractivity contribution is -0.137. The number of nitrogens with zero attached hydrogens (tertiary/aromatic N) is 2. The van der Waals surface area contributed by atoms with Crippen molar-refractivity contribution in [3.63, 3.8) is 0 Å². The smallest absolute Gasteiger partial charge is 0.367 e. The highest BCUT2D eigenvalue weighted by Crippen LogP contribution is 2.36. The van der Waals surface area contributed by atoms with Crippen LogP contribution in [0.5, 0.6) is 0 Å². The predicted octanol–water partition coefficient (Wildman–Crippen LogP) is 3.70. The molecule has 1 aromatic heterocycles. The van der Waals surface area contributed by atoms with E-state index in [2.05, 4.69) is 25.9 Å². The van der Waals surface area contributed by atoms with Gasteiger partial charge in [0.2, 0.25) is 11.9 Å². The summed E-state index contributed by atoms with van der Waals surface area (Å²) in [5.74, 6) is -0.232. The van der Waals surface area contributed by atoms with Crippen LogP contribution in [0.2, 0.25) is 0 Å². The minimum Gasteiger partial charge on any atom is -0.367 e. The van der Waals surface area contributed by atoms with Crippen LogP contribution >= 0.6 is 0 Å². The van der Waals surface area contributed by atoms with Gasteiger partial charge in [0.15, 0.2) is 0 Å². The van der Waals surface area contributed by atoms with Crippen LogP contribution in [0.3, 0.4) is 0 Å². The second-order valence-electron chi connectivity index (χ2n) is 6.45. The summed E-state index contributed by atoms with van der Waals surface area (Å²) in [5.41, 5.74) is 1.29. The molecule has 1 fully saturated rings. The zero-order chi connectivity index (χ0) is 18.3. The fraction of sp³-hybridized carbons (Fsp3) is 0.353. The lowest BCUT2D eigenvalue weighted by Gasteiger charge is -2.28. The minimum absolute atomic E-state index is 0.0101. The number of hydrogen-bond acceptors (Lipinski definition) is 5. The van der Waals surface area contributed by atoms with Gasteiger partial charge in [-0.15, -0.1) is 0 Å². The van der Waals surface area contributed by atoms with E-state index >= 15 is 0 Å². The first-order valence-electron chi connectivity index (χ1n) is 8.29. The van der Waals surface area contributed by atoms with Gasteiger partial charge in [0, 0.05) is 23.6 Å². The third-order valence-electron chi connectivity index (χ3n) is 4.53. The van der Waals surface area contributed by atoms with E-state index in [4.69, 9.17) is 0 Å². The minimum atomic E-state index is -4.52. The lowest BCUT2D eigenvalue weighted by atomic mass is 9.93. The van der Waals surface area contributed by atoms with Crippen LogP contribution in [0, 0.1) is 0 Å². The maximum absolute atomic E-state index is 13.2. The number of aromatic nitrogens is 2. The molecule has 136 valence electrons. The SMILES string of the molecule is O=C1Cc2cc(Nc3ncc(C(F)(F)F)c(NC4CCC4)n3)ccc2N1. The molecule has 9 heteroatoms. The van der Waals surface area contributed by atoms with Crippen molar-refractivity contribution in [1.29, 1.82) is 0 Å². The number of benzene rings is 1. The van der Waals surface area contributed by atoms with E-state index in [1.807, 2.05) is 0 Å². The number of fused-ring (bicyclic) bond motifs is 1. The van der Waals surface area contributed by atoms with E-state index in [-0.39, 0.29) is 30.1 Å². The number of carbonyl (C=O) groups excluding carboxylic acids is 1. The summed E-state index contributed by atoms with van der Waals surface area (Å²) in [6.07, 6.45) is -0.810. The number of hydrogen-bond donors (Lipinski definition) is 3. The Hall–Kier alpha value is -2.84. The van der Waals surface area contributed by atoms with Crippen LogP contribution in [-0.4, -0.2) is 21.9 Å². The summed E-state index contributed by atoms with van der Waals surface area (Å²) in [6.45, 7) is 0. The highest BCUT2D eigenvalue weighted by atomic mass is 19.4. The van der Waals surface area contributed by atoms with E-state index in [0.29, 0.717) is 5.69 Å². The average molecular weight is 363 g/mol. The monoisotopic (exact) mass is 363 g/mol. The molecule has 2 aromatic rings. The molecular formula is C17H16F3N5O.